The Morgan fingerprint density at radius 2 is 0.881 bits per heavy atom. The zero-order chi connectivity index (χ0) is 44.3. The Bertz CT molecular complexity index is 3810. The van der Waals surface area contributed by atoms with E-state index in [1.807, 2.05) is 0 Å². The highest BCUT2D eigenvalue weighted by atomic mass is 16.3. The summed E-state index contributed by atoms with van der Waals surface area (Å²) in [6.07, 6.45) is 6.38. The number of hydrogen-bond donors (Lipinski definition) is 0. The lowest BCUT2D eigenvalue weighted by Crippen LogP contribution is -2.14. The maximum Gasteiger partial charge on any atom is 0.143 e. The van der Waals surface area contributed by atoms with Crippen molar-refractivity contribution in [2.45, 2.75) is 38.0 Å². The molecule has 0 bridgehead atoms. The average molecular weight is 861 g/mol. The summed E-state index contributed by atoms with van der Waals surface area (Å²) in [7, 11) is 0. The largest absolute Gasteiger partial charge is 0.455 e. The standard InChI is InChI=1S/C64H48N2O/c1-3-21-43(22-4-1)46-32-17-23-44-24-18-33-51(62(44)46)47-27-7-12-37-56(47)66(58-39-14-9-29-49(58)53-35-19-36-54-50-30-11-16-42-61(50)67-64(53)54)57-38-13-8-28-48(57)52-34-20-41-60-63(52)55-31-10-15-40-59(55)65(60)45-25-5-2-6-26-45/h2,5-20,23-43H,1,3-4,21-22H2. The van der Waals surface area contributed by atoms with Gasteiger partial charge in [0.05, 0.1) is 28.1 Å². The highest BCUT2D eigenvalue weighted by Gasteiger charge is 2.27. The molecule has 1 saturated carbocycles. The molecule has 3 heteroatoms. The summed E-state index contributed by atoms with van der Waals surface area (Å²) in [5.74, 6) is 0.547. The number of para-hydroxylation sites is 7. The minimum atomic E-state index is 0.547. The molecule has 67 heavy (non-hydrogen) atoms. The van der Waals surface area contributed by atoms with Crippen LogP contribution in [0.4, 0.5) is 17.1 Å². The van der Waals surface area contributed by atoms with Crippen molar-refractivity contribution in [3.05, 3.63) is 230 Å². The van der Waals surface area contributed by atoms with Crippen molar-refractivity contribution in [1.29, 1.82) is 0 Å². The van der Waals surface area contributed by atoms with Crippen molar-refractivity contribution >= 4 is 71.6 Å². The van der Waals surface area contributed by atoms with Crippen molar-refractivity contribution in [3.63, 3.8) is 0 Å². The maximum atomic E-state index is 6.80. The topological polar surface area (TPSA) is 21.3 Å². The van der Waals surface area contributed by atoms with E-state index in [0.29, 0.717) is 5.92 Å². The number of nitrogens with zero attached hydrogens (tertiary/aromatic N) is 2. The highest BCUT2D eigenvalue weighted by Crippen LogP contribution is 2.52. The van der Waals surface area contributed by atoms with Crippen LogP contribution in [0, 0.1) is 0 Å². The van der Waals surface area contributed by atoms with Crippen LogP contribution in [0.1, 0.15) is 43.6 Å². The van der Waals surface area contributed by atoms with Gasteiger partial charge in [0.1, 0.15) is 11.2 Å². The predicted octanol–water partition coefficient (Wildman–Crippen LogP) is 18.4. The number of aromatic nitrogens is 1. The monoisotopic (exact) mass is 860 g/mol. The molecule has 0 atom stereocenters. The van der Waals surface area contributed by atoms with Gasteiger partial charge in [-0.1, -0.05) is 195 Å². The second-order valence-corrected chi connectivity index (χ2v) is 18.1. The number of benzene rings is 10. The van der Waals surface area contributed by atoms with Gasteiger partial charge in [0.25, 0.3) is 0 Å². The summed E-state index contributed by atoms with van der Waals surface area (Å²) in [4.78, 5) is 2.54. The Hall–Kier alpha value is -8.14. The fraction of sp³-hybridized carbons (Fsp3) is 0.0938. The first-order valence-corrected chi connectivity index (χ1v) is 23.9. The maximum absolute atomic E-state index is 6.80. The zero-order valence-corrected chi connectivity index (χ0v) is 37.3. The Kier molecular flexibility index (Phi) is 9.60. The molecule has 2 aromatic heterocycles. The van der Waals surface area contributed by atoms with Gasteiger partial charge in [-0.3, -0.25) is 0 Å². The third-order valence-corrected chi connectivity index (χ3v) is 14.4. The summed E-state index contributed by atoms with van der Waals surface area (Å²) in [6.45, 7) is 0. The van der Waals surface area contributed by atoms with Gasteiger partial charge in [-0.25, -0.2) is 0 Å². The molecule has 0 aliphatic heterocycles. The van der Waals surface area contributed by atoms with E-state index in [0.717, 1.165) is 61.4 Å². The van der Waals surface area contributed by atoms with Crippen molar-refractivity contribution in [1.82, 2.24) is 4.57 Å². The van der Waals surface area contributed by atoms with Gasteiger partial charge in [0.15, 0.2) is 0 Å². The highest BCUT2D eigenvalue weighted by molar-refractivity contribution is 6.18. The Morgan fingerprint density at radius 1 is 0.373 bits per heavy atom. The van der Waals surface area contributed by atoms with E-state index in [-0.39, 0.29) is 0 Å². The number of fused-ring (bicyclic) bond motifs is 7. The summed E-state index contributed by atoms with van der Waals surface area (Å²) in [6, 6.07) is 82.3. The van der Waals surface area contributed by atoms with Crippen LogP contribution in [0.5, 0.6) is 0 Å². The third kappa shape index (κ3) is 6.48. The van der Waals surface area contributed by atoms with Crippen molar-refractivity contribution < 1.29 is 4.42 Å². The minimum absolute atomic E-state index is 0.547. The summed E-state index contributed by atoms with van der Waals surface area (Å²) in [5, 5.41) is 7.35. The van der Waals surface area contributed by atoms with Gasteiger partial charge in [0.2, 0.25) is 0 Å². The van der Waals surface area contributed by atoms with Crippen LogP contribution in [0.3, 0.4) is 0 Å². The van der Waals surface area contributed by atoms with Gasteiger partial charge >= 0.3 is 0 Å². The molecule has 2 heterocycles. The van der Waals surface area contributed by atoms with Crippen LogP contribution in [-0.4, -0.2) is 4.57 Å². The zero-order valence-electron chi connectivity index (χ0n) is 37.3. The Morgan fingerprint density at radius 3 is 1.61 bits per heavy atom. The number of furan rings is 1. The predicted molar refractivity (Wildman–Crippen MR) is 282 cm³/mol. The molecule has 320 valence electrons. The average Bonchev–Trinajstić information content (AvgIpc) is 3.96. The van der Waals surface area contributed by atoms with Crippen LogP contribution >= 0.6 is 0 Å². The van der Waals surface area contributed by atoms with E-state index >= 15 is 0 Å². The van der Waals surface area contributed by atoms with E-state index in [2.05, 4.69) is 234 Å². The van der Waals surface area contributed by atoms with E-state index in [9.17, 15) is 0 Å². The molecule has 0 amide bonds. The molecule has 1 aliphatic carbocycles. The molecule has 0 saturated heterocycles. The lowest BCUT2D eigenvalue weighted by molar-refractivity contribution is 0.445. The van der Waals surface area contributed by atoms with Crippen molar-refractivity contribution in [2.24, 2.45) is 0 Å². The minimum Gasteiger partial charge on any atom is -0.455 e. The fourth-order valence-corrected chi connectivity index (χ4v) is 11.5. The smallest absolute Gasteiger partial charge is 0.143 e. The van der Waals surface area contributed by atoms with Crippen molar-refractivity contribution in [3.8, 4) is 39.1 Å². The molecule has 12 aromatic rings. The van der Waals surface area contributed by atoms with E-state index in [1.165, 1.54) is 86.9 Å². The fourth-order valence-electron chi connectivity index (χ4n) is 11.5. The molecule has 10 aromatic carbocycles. The molecule has 3 nitrogen and oxygen atoms in total. The van der Waals surface area contributed by atoms with Crippen LogP contribution < -0.4 is 4.90 Å². The van der Waals surface area contributed by atoms with Crippen LogP contribution in [0.15, 0.2) is 229 Å². The molecule has 1 fully saturated rings. The molecular weight excluding hydrogens is 813 g/mol. The van der Waals surface area contributed by atoms with Crippen LogP contribution in [-0.2, 0) is 0 Å². The Balaban J connectivity index is 1.11. The summed E-state index contributed by atoms with van der Waals surface area (Å²) in [5.41, 5.74) is 17.0. The van der Waals surface area contributed by atoms with Gasteiger partial charge in [-0.15, -0.1) is 0 Å². The number of hydrogen-bond acceptors (Lipinski definition) is 2. The first kappa shape index (κ1) is 39.2. The molecule has 0 radical (unpaired) electrons. The molecular formula is C64H48N2O. The first-order chi connectivity index (χ1) is 33.3. The van der Waals surface area contributed by atoms with Gasteiger partial charge in [-0.2, -0.15) is 0 Å². The lowest BCUT2D eigenvalue weighted by Gasteiger charge is -2.32. The van der Waals surface area contributed by atoms with Gasteiger partial charge in [-0.05, 0) is 94.8 Å². The SMILES string of the molecule is c1ccc(-n2c3ccccc3c3c(-c4ccccc4N(c4ccccc4-c4cccc5c4oc4ccccc45)c4ccccc4-c4cccc5cccc(C6CCCCC6)c45)cccc32)cc1. The second-order valence-electron chi connectivity index (χ2n) is 18.1. The van der Waals surface area contributed by atoms with E-state index < -0.39 is 0 Å². The normalized spacial score (nSPS) is 13.3. The van der Waals surface area contributed by atoms with Gasteiger partial charge < -0.3 is 13.9 Å². The van der Waals surface area contributed by atoms with Gasteiger partial charge in [0, 0.05) is 49.5 Å². The third-order valence-electron chi connectivity index (χ3n) is 14.4. The molecule has 0 spiro atoms. The van der Waals surface area contributed by atoms with Crippen molar-refractivity contribution in [2.75, 3.05) is 4.90 Å². The molecule has 1 aliphatic rings. The van der Waals surface area contributed by atoms with Crippen LogP contribution in [0.25, 0.3) is 93.6 Å². The first-order valence-electron chi connectivity index (χ1n) is 23.9. The van der Waals surface area contributed by atoms with E-state index in [4.69, 9.17) is 4.42 Å². The summed E-state index contributed by atoms with van der Waals surface area (Å²) >= 11 is 0. The lowest BCUT2D eigenvalue weighted by atomic mass is 9.80. The number of rotatable bonds is 8. The van der Waals surface area contributed by atoms with E-state index in [1.54, 1.807) is 0 Å². The molecule has 0 unspecified atom stereocenters. The summed E-state index contributed by atoms with van der Waals surface area (Å²) < 4.78 is 9.21. The number of anilines is 3. The quantitative estimate of drug-likeness (QED) is 0.152. The van der Waals surface area contributed by atoms with Crippen LogP contribution in [0.2, 0.25) is 0 Å². The second kappa shape index (κ2) is 16.4. The molecule has 13 rings (SSSR count). The molecule has 0 N–H and O–H groups in total. The Labute approximate surface area is 390 Å².